The van der Waals surface area contributed by atoms with Crippen molar-refractivity contribution in [3.63, 3.8) is 0 Å². The molecule has 76 valence electrons. The Balaban J connectivity index is 2.10. The highest BCUT2D eigenvalue weighted by molar-refractivity contribution is 6.29. The molecular weight excluding hydrogens is 212 g/mol. The van der Waals surface area contributed by atoms with Gasteiger partial charge in [0.05, 0.1) is 6.04 Å². The molecule has 4 heteroatoms. The maximum absolute atomic E-state index is 11.5. The fraction of sp³-hybridized carbons (Fsp3) is 0.273. The van der Waals surface area contributed by atoms with Crippen molar-refractivity contribution in [2.45, 2.75) is 12.5 Å². The molecule has 1 amide bonds. The highest BCUT2D eigenvalue weighted by Crippen LogP contribution is 2.33. The van der Waals surface area contributed by atoms with Crippen molar-refractivity contribution in [3.05, 3.63) is 40.7 Å². The number of amides is 1. The van der Waals surface area contributed by atoms with Crippen LogP contribution in [0, 0.1) is 0 Å². The van der Waals surface area contributed by atoms with Gasteiger partial charge in [-0.3, -0.25) is 4.79 Å². The zero-order valence-corrected chi connectivity index (χ0v) is 8.74. The number of rotatable bonds is 0. The summed E-state index contributed by atoms with van der Waals surface area (Å²) in [5.41, 5.74) is 2.12. The Bertz CT molecular complexity index is 470. The molecule has 3 heterocycles. The van der Waals surface area contributed by atoms with E-state index in [1.807, 2.05) is 17.0 Å². The zero-order chi connectivity index (χ0) is 10.4. The van der Waals surface area contributed by atoms with E-state index in [-0.39, 0.29) is 11.9 Å². The largest absolute Gasteiger partial charge is 0.328 e. The topological polar surface area (TPSA) is 33.2 Å². The van der Waals surface area contributed by atoms with Gasteiger partial charge in [-0.1, -0.05) is 23.7 Å². The highest BCUT2D eigenvalue weighted by atomic mass is 35.5. The molecule has 2 aliphatic rings. The molecule has 3 rings (SSSR count). The Hall–Kier alpha value is -1.35. The first-order chi connectivity index (χ1) is 7.25. The van der Waals surface area contributed by atoms with Crippen molar-refractivity contribution in [1.82, 2.24) is 9.88 Å². The lowest BCUT2D eigenvalue weighted by molar-refractivity contribution is -0.126. The second-order valence-electron chi connectivity index (χ2n) is 3.76. The minimum Gasteiger partial charge on any atom is -0.328 e. The SMILES string of the molecule is O=C1C=CC2c3ccc(Cl)nc3CCN12. The van der Waals surface area contributed by atoms with E-state index in [4.69, 9.17) is 11.6 Å². The fourth-order valence-electron chi connectivity index (χ4n) is 2.21. The number of carbonyl (C=O) groups excluding carboxylic acids is 1. The molecule has 3 nitrogen and oxygen atoms in total. The van der Waals surface area contributed by atoms with Crippen LogP contribution in [0.3, 0.4) is 0 Å². The molecule has 1 atom stereocenters. The van der Waals surface area contributed by atoms with Crippen LogP contribution in [0.15, 0.2) is 24.3 Å². The van der Waals surface area contributed by atoms with E-state index < -0.39 is 0 Å². The average molecular weight is 221 g/mol. The van der Waals surface area contributed by atoms with Crippen LogP contribution in [0.2, 0.25) is 5.15 Å². The minimum absolute atomic E-state index is 0.0750. The van der Waals surface area contributed by atoms with Crippen LogP contribution in [-0.4, -0.2) is 22.3 Å². The van der Waals surface area contributed by atoms with Gasteiger partial charge in [-0.05, 0) is 6.07 Å². The maximum atomic E-state index is 11.5. The second kappa shape index (κ2) is 3.07. The summed E-state index contributed by atoms with van der Waals surface area (Å²) < 4.78 is 0. The van der Waals surface area contributed by atoms with E-state index in [1.54, 1.807) is 12.1 Å². The number of halogens is 1. The first-order valence-corrected chi connectivity index (χ1v) is 5.27. The van der Waals surface area contributed by atoms with Crippen LogP contribution in [0.25, 0.3) is 0 Å². The molecule has 15 heavy (non-hydrogen) atoms. The summed E-state index contributed by atoms with van der Waals surface area (Å²) in [4.78, 5) is 17.6. The van der Waals surface area contributed by atoms with Crippen LogP contribution in [-0.2, 0) is 11.2 Å². The van der Waals surface area contributed by atoms with Crippen LogP contribution < -0.4 is 0 Å². The van der Waals surface area contributed by atoms with Gasteiger partial charge in [-0.25, -0.2) is 4.98 Å². The van der Waals surface area contributed by atoms with Gasteiger partial charge in [-0.2, -0.15) is 0 Å². The normalized spacial score (nSPS) is 22.9. The highest BCUT2D eigenvalue weighted by Gasteiger charge is 2.32. The number of carbonyl (C=O) groups is 1. The molecule has 0 fully saturated rings. The van der Waals surface area contributed by atoms with Crippen molar-refractivity contribution in [3.8, 4) is 0 Å². The van der Waals surface area contributed by atoms with Crippen LogP contribution in [0.5, 0.6) is 0 Å². The lowest BCUT2D eigenvalue weighted by Gasteiger charge is -2.30. The van der Waals surface area contributed by atoms with E-state index in [9.17, 15) is 4.79 Å². The summed E-state index contributed by atoms with van der Waals surface area (Å²) in [6, 6.07) is 3.82. The Kier molecular flexibility index (Phi) is 1.83. The molecule has 0 bridgehead atoms. The van der Waals surface area contributed by atoms with Crippen LogP contribution in [0.1, 0.15) is 17.3 Å². The van der Waals surface area contributed by atoms with E-state index in [2.05, 4.69) is 4.98 Å². The Morgan fingerprint density at radius 2 is 2.33 bits per heavy atom. The van der Waals surface area contributed by atoms with Crippen molar-refractivity contribution in [1.29, 1.82) is 0 Å². The Morgan fingerprint density at radius 1 is 1.47 bits per heavy atom. The Labute approximate surface area is 92.4 Å². The minimum atomic E-state index is 0.0750. The number of pyridine rings is 1. The number of aromatic nitrogens is 1. The second-order valence-corrected chi connectivity index (χ2v) is 4.14. The fourth-order valence-corrected chi connectivity index (χ4v) is 2.38. The van der Waals surface area contributed by atoms with E-state index in [0.717, 1.165) is 24.2 Å². The van der Waals surface area contributed by atoms with E-state index in [0.29, 0.717) is 5.15 Å². The summed E-state index contributed by atoms with van der Waals surface area (Å²) in [6.45, 7) is 0.733. The van der Waals surface area contributed by atoms with Crippen molar-refractivity contribution in [2.75, 3.05) is 6.54 Å². The number of hydrogen-bond acceptors (Lipinski definition) is 2. The average Bonchev–Trinajstić information content (AvgIpc) is 2.60. The number of fused-ring (bicyclic) bond motifs is 3. The third-order valence-electron chi connectivity index (χ3n) is 2.92. The van der Waals surface area contributed by atoms with Crippen molar-refractivity contribution < 1.29 is 4.79 Å². The molecule has 0 aromatic carbocycles. The van der Waals surface area contributed by atoms with Gasteiger partial charge in [0.2, 0.25) is 5.91 Å². The van der Waals surface area contributed by atoms with Gasteiger partial charge in [-0.15, -0.1) is 0 Å². The standard InChI is InChI=1S/C11H9ClN2O/c12-10-3-1-7-8(13-10)5-6-14-9(7)2-4-11(14)15/h1-4,9H,5-6H2. The predicted molar refractivity (Wildman–Crippen MR) is 56.5 cm³/mol. The first-order valence-electron chi connectivity index (χ1n) is 4.90. The van der Waals surface area contributed by atoms with Gasteiger partial charge in [0, 0.05) is 30.3 Å². The molecular formula is C11H9ClN2O. The van der Waals surface area contributed by atoms with Crippen LogP contribution >= 0.6 is 11.6 Å². The van der Waals surface area contributed by atoms with Gasteiger partial charge in [0.15, 0.2) is 0 Å². The molecule has 1 aromatic heterocycles. The summed E-state index contributed by atoms with van der Waals surface area (Å²) in [5, 5.41) is 0.524. The van der Waals surface area contributed by atoms with Gasteiger partial charge < -0.3 is 4.90 Å². The van der Waals surface area contributed by atoms with Crippen LogP contribution in [0.4, 0.5) is 0 Å². The number of hydrogen-bond donors (Lipinski definition) is 0. The molecule has 0 radical (unpaired) electrons. The van der Waals surface area contributed by atoms with Crippen molar-refractivity contribution in [2.24, 2.45) is 0 Å². The molecule has 1 unspecified atom stereocenters. The summed E-state index contributed by atoms with van der Waals surface area (Å²) >= 11 is 5.84. The summed E-state index contributed by atoms with van der Waals surface area (Å²) in [6.07, 6.45) is 4.35. The first kappa shape index (κ1) is 8.92. The molecule has 0 spiro atoms. The van der Waals surface area contributed by atoms with Gasteiger partial charge >= 0.3 is 0 Å². The van der Waals surface area contributed by atoms with E-state index in [1.165, 1.54) is 0 Å². The quantitative estimate of drug-likeness (QED) is 0.624. The van der Waals surface area contributed by atoms with Crippen molar-refractivity contribution >= 4 is 17.5 Å². The molecule has 0 N–H and O–H groups in total. The van der Waals surface area contributed by atoms with Gasteiger partial charge in [0.1, 0.15) is 5.15 Å². The molecule has 1 aromatic rings. The lowest BCUT2D eigenvalue weighted by atomic mass is 9.99. The zero-order valence-electron chi connectivity index (χ0n) is 7.98. The molecule has 0 aliphatic carbocycles. The third kappa shape index (κ3) is 1.27. The monoisotopic (exact) mass is 220 g/mol. The maximum Gasteiger partial charge on any atom is 0.247 e. The van der Waals surface area contributed by atoms with E-state index >= 15 is 0 Å². The Morgan fingerprint density at radius 3 is 3.20 bits per heavy atom. The summed E-state index contributed by atoms with van der Waals surface area (Å²) in [7, 11) is 0. The van der Waals surface area contributed by atoms with Gasteiger partial charge in [0.25, 0.3) is 0 Å². The summed E-state index contributed by atoms with van der Waals surface area (Å²) in [5.74, 6) is 0.0978. The smallest absolute Gasteiger partial charge is 0.247 e. The lowest BCUT2D eigenvalue weighted by Crippen LogP contribution is -2.35. The third-order valence-corrected chi connectivity index (χ3v) is 3.13. The molecule has 2 aliphatic heterocycles. The molecule has 0 saturated heterocycles. The number of nitrogens with zero attached hydrogens (tertiary/aromatic N) is 2. The predicted octanol–water partition coefficient (Wildman–Crippen LogP) is 1.73. The molecule has 0 saturated carbocycles.